The lowest BCUT2D eigenvalue weighted by molar-refractivity contribution is -0.0104. The molecule has 1 aromatic carbocycles. The van der Waals surface area contributed by atoms with Gasteiger partial charge in [0, 0.05) is 12.3 Å². The van der Waals surface area contributed by atoms with E-state index >= 15 is 0 Å². The zero-order valence-electron chi connectivity index (χ0n) is 12.1. The van der Waals surface area contributed by atoms with Crippen molar-refractivity contribution in [1.82, 2.24) is 9.55 Å². The Bertz CT molecular complexity index is 871. The molecule has 2 aromatic rings. The molecule has 2 aliphatic rings. The van der Waals surface area contributed by atoms with Gasteiger partial charge in [0.05, 0.1) is 23.8 Å². The number of hydrogen-bond acceptors (Lipinski definition) is 5. The highest BCUT2D eigenvalue weighted by Gasteiger charge is 2.51. The molecular formula is C16H15N3O4. The average Bonchev–Trinajstić information content (AvgIpc) is 3.10. The number of rotatable bonds is 2. The van der Waals surface area contributed by atoms with E-state index in [1.807, 2.05) is 30.3 Å². The first-order valence-corrected chi connectivity index (χ1v) is 7.44. The number of nitrogens with one attached hydrogen (secondary N) is 1. The Kier molecular flexibility index (Phi) is 3.16. The van der Waals surface area contributed by atoms with Gasteiger partial charge in [0.15, 0.2) is 6.10 Å². The number of aromatic nitrogens is 2. The van der Waals surface area contributed by atoms with Crippen LogP contribution in [-0.4, -0.2) is 32.6 Å². The Morgan fingerprint density at radius 3 is 2.74 bits per heavy atom. The summed E-state index contributed by atoms with van der Waals surface area (Å²) in [5.74, 6) is -0.240. The van der Waals surface area contributed by atoms with Crippen LogP contribution in [0.3, 0.4) is 0 Å². The van der Waals surface area contributed by atoms with Crippen LogP contribution in [0.4, 0.5) is 0 Å². The van der Waals surface area contributed by atoms with Crippen LogP contribution >= 0.6 is 0 Å². The topological polar surface area (TPSA) is 96.7 Å². The fourth-order valence-corrected chi connectivity index (χ4v) is 3.47. The number of hydrogen-bond donors (Lipinski definition) is 2. The highest BCUT2D eigenvalue weighted by Crippen LogP contribution is 2.43. The van der Waals surface area contributed by atoms with Crippen LogP contribution < -0.4 is 11.2 Å². The summed E-state index contributed by atoms with van der Waals surface area (Å²) in [6, 6.07) is 10.5. The van der Waals surface area contributed by atoms with Crippen LogP contribution in [0.25, 0.3) is 0 Å². The number of aliphatic hydroxyl groups is 1. The molecule has 4 rings (SSSR count). The second-order valence-electron chi connectivity index (χ2n) is 5.83. The highest BCUT2D eigenvalue weighted by atomic mass is 16.7. The summed E-state index contributed by atoms with van der Waals surface area (Å²) in [5.41, 5.74) is 0.683. The number of nitrogens with zero attached hydrogens (tertiary/aromatic N) is 2. The van der Waals surface area contributed by atoms with E-state index in [9.17, 15) is 14.7 Å². The normalized spacial score (nSPS) is 29.0. The zero-order valence-corrected chi connectivity index (χ0v) is 12.1. The first kappa shape index (κ1) is 14.0. The molecule has 0 spiro atoms. The monoisotopic (exact) mass is 313 g/mol. The van der Waals surface area contributed by atoms with Gasteiger partial charge in [-0.2, -0.15) is 0 Å². The fraction of sp³-hybridized carbons (Fsp3) is 0.312. The molecule has 0 radical (unpaired) electrons. The summed E-state index contributed by atoms with van der Waals surface area (Å²) in [6.07, 6.45) is 0.637. The quantitative estimate of drug-likeness (QED) is 0.831. The van der Waals surface area contributed by atoms with Crippen LogP contribution in [0.1, 0.15) is 18.0 Å². The number of fused-ring (bicyclic) bond motifs is 1. The molecule has 1 saturated carbocycles. The van der Waals surface area contributed by atoms with Crippen molar-refractivity contribution in [3.05, 3.63) is 69.0 Å². The summed E-state index contributed by atoms with van der Waals surface area (Å²) in [5, 5.41) is 14.4. The van der Waals surface area contributed by atoms with E-state index in [1.54, 1.807) is 0 Å². The van der Waals surface area contributed by atoms with Crippen LogP contribution in [0.5, 0.6) is 0 Å². The third-order valence-corrected chi connectivity index (χ3v) is 4.50. The summed E-state index contributed by atoms with van der Waals surface area (Å²) in [4.78, 5) is 31.1. The molecule has 0 saturated heterocycles. The Hall–Kier alpha value is -2.67. The molecule has 0 bridgehead atoms. The summed E-state index contributed by atoms with van der Waals surface area (Å²) < 4.78 is 1.45. The van der Waals surface area contributed by atoms with Crippen LogP contribution in [0, 0.1) is 5.92 Å². The number of H-pyrrole nitrogens is 1. The summed E-state index contributed by atoms with van der Waals surface area (Å²) >= 11 is 0. The zero-order chi connectivity index (χ0) is 16.0. The molecule has 1 fully saturated rings. The lowest BCUT2D eigenvalue weighted by atomic mass is 9.91. The van der Waals surface area contributed by atoms with Crippen molar-refractivity contribution < 1.29 is 9.94 Å². The maximum Gasteiger partial charge on any atom is 0.328 e. The van der Waals surface area contributed by atoms with E-state index in [2.05, 4.69) is 10.1 Å². The lowest BCUT2D eigenvalue weighted by Gasteiger charge is -2.20. The van der Waals surface area contributed by atoms with Crippen molar-refractivity contribution in [2.24, 2.45) is 11.1 Å². The fourth-order valence-electron chi connectivity index (χ4n) is 3.47. The third-order valence-electron chi connectivity index (χ3n) is 4.50. The molecule has 7 heteroatoms. The smallest absolute Gasteiger partial charge is 0.328 e. The van der Waals surface area contributed by atoms with Gasteiger partial charge in [0.2, 0.25) is 0 Å². The average molecular weight is 313 g/mol. The van der Waals surface area contributed by atoms with Crippen molar-refractivity contribution in [2.75, 3.05) is 0 Å². The van der Waals surface area contributed by atoms with Crippen LogP contribution in [-0.2, 0) is 4.84 Å². The van der Waals surface area contributed by atoms with Crippen molar-refractivity contribution in [2.45, 2.75) is 24.7 Å². The van der Waals surface area contributed by atoms with Crippen LogP contribution in [0.15, 0.2) is 57.3 Å². The molecule has 2 heterocycles. The summed E-state index contributed by atoms with van der Waals surface area (Å²) in [7, 11) is 0. The van der Waals surface area contributed by atoms with Gasteiger partial charge in [0.25, 0.3) is 5.56 Å². The molecule has 23 heavy (non-hydrogen) atoms. The minimum absolute atomic E-state index is 0.240. The Balaban J connectivity index is 1.78. The molecule has 7 nitrogen and oxygen atoms in total. The van der Waals surface area contributed by atoms with Gasteiger partial charge in [0.1, 0.15) is 0 Å². The van der Waals surface area contributed by atoms with E-state index in [4.69, 9.17) is 4.84 Å². The predicted molar refractivity (Wildman–Crippen MR) is 82.3 cm³/mol. The van der Waals surface area contributed by atoms with Crippen molar-refractivity contribution >= 4 is 5.71 Å². The first-order valence-electron chi connectivity index (χ1n) is 7.44. The number of benzene rings is 1. The maximum atomic E-state index is 12.1. The van der Waals surface area contributed by atoms with Crippen molar-refractivity contribution in [3.8, 4) is 0 Å². The largest absolute Gasteiger partial charge is 0.389 e. The number of aromatic amines is 1. The number of aliphatic hydroxyl groups excluding tert-OH is 1. The summed E-state index contributed by atoms with van der Waals surface area (Å²) in [6.45, 7) is 0. The maximum absolute atomic E-state index is 12.1. The Morgan fingerprint density at radius 2 is 2.00 bits per heavy atom. The molecule has 1 aliphatic heterocycles. The SMILES string of the molecule is O=c1ccn([C@@H]2C[C@H](O)[C@H]3ON=C(c4ccccc4)[C@H]32)c(=O)[nH]1. The van der Waals surface area contributed by atoms with E-state index < -0.39 is 23.5 Å². The van der Waals surface area contributed by atoms with Gasteiger partial charge in [-0.1, -0.05) is 35.5 Å². The molecule has 118 valence electrons. The van der Waals surface area contributed by atoms with Gasteiger partial charge in [-0.25, -0.2) is 4.79 Å². The number of oxime groups is 1. The third kappa shape index (κ3) is 2.20. The molecule has 2 N–H and O–H groups in total. The minimum atomic E-state index is -0.714. The van der Waals surface area contributed by atoms with Gasteiger partial charge in [-0.3, -0.25) is 14.3 Å². The van der Waals surface area contributed by atoms with Gasteiger partial charge in [-0.05, 0) is 12.0 Å². The predicted octanol–water partition coefficient (Wildman–Crippen LogP) is 0.262. The Morgan fingerprint density at radius 1 is 1.22 bits per heavy atom. The lowest BCUT2D eigenvalue weighted by Crippen LogP contribution is -2.36. The molecule has 4 atom stereocenters. The van der Waals surface area contributed by atoms with E-state index in [0.29, 0.717) is 6.42 Å². The standard InChI is InChI=1S/C16H15N3O4/c20-11-8-10(19-7-6-12(21)17-16(19)22)13-14(18-23-15(11)13)9-4-2-1-3-5-9/h1-7,10-11,13,15,20H,8H2,(H,17,21,22)/t10-,11+,13-,15-/m1/s1. The second kappa shape index (κ2) is 5.20. The van der Waals surface area contributed by atoms with Crippen molar-refractivity contribution in [1.29, 1.82) is 0 Å². The first-order chi connectivity index (χ1) is 11.1. The molecule has 0 amide bonds. The molecule has 0 unspecified atom stereocenters. The van der Waals surface area contributed by atoms with Gasteiger partial charge in [-0.15, -0.1) is 0 Å². The molecule has 1 aliphatic carbocycles. The highest BCUT2D eigenvalue weighted by molar-refractivity contribution is 6.03. The van der Waals surface area contributed by atoms with Gasteiger partial charge >= 0.3 is 5.69 Å². The Labute approximate surface area is 130 Å². The van der Waals surface area contributed by atoms with Crippen LogP contribution in [0.2, 0.25) is 0 Å². The van der Waals surface area contributed by atoms with E-state index in [-0.39, 0.29) is 12.0 Å². The van der Waals surface area contributed by atoms with Gasteiger partial charge < -0.3 is 9.94 Å². The van der Waals surface area contributed by atoms with Crippen molar-refractivity contribution in [3.63, 3.8) is 0 Å². The molecular weight excluding hydrogens is 298 g/mol. The van der Waals surface area contributed by atoms with E-state index in [1.165, 1.54) is 16.8 Å². The van der Waals surface area contributed by atoms with E-state index in [0.717, 1.165) is 11.3 Å². The minimum Gasteiger partial charge on any atom is -0.389 e. The second-order valence-corrected chi connectivity index (χ2v) is 5.83. The molecule has 1 aromatic heterocycles.